The van der Waals surface area contributed by atoms with Gasteiger partial charge < -0.3 is 9.88 Å². The summed E-state index contributed by atoms with van der Waals surface area (Å²) in [6.07, 6.45) is 5.80. The zero-order valence-electron chi connectivity index (χ0n) is 10.2. The summed E-state index contributed by atoms with van der Waals surface area (Å²) < 4.78 is 16.4. The lowest BCUT2D eigenvalue weighted by atomic mass is 10.3. The second kappa shape index (κ2) is 6.00. The Bertz CT molecular complexity index is 504. The Balaban J connectivity index is 2.21. The van der Waals surface area contributed by atoms with Gasteiger partial charge in [-0.3, -0.25) is 0 Å². The van der Waals surface area contributed by atoms with E-state index in [0.717, 1.165) is 19.4 Å². The van der Waals surface area contributed by atoms with Crippen LogP contribution in [0.4, 0.5) is 16.0 Å². The van der Waals surface area contributed by atoms with Crippen LogP contribution in [0.2, 0.25) is 0 Å². The van der Waals surface area contributed by atoms with Gasteiger partial charge in [0.1, 0.15) is 5.82 Å². The molecule has 0 radical (unpaired) electrons. The van der Waals surface area contributed by atoms with Crippen LogP contribution >= 0.6 is 15.9 Å². The molecular formula is C13H15BrFN3. The summed E-state index contributed by atoms with van der Waals surface area (Å²) in [6, 6.07) is 4.88. The maximum absolute atomic E-state index is 13.7. The molecule has 0 bridgehead atoms. The molecule has 0 saturated carbocycles. The molecule has 1 aromatic heterocycles. The van der Waals surface area contributed by atoms with E-state index in [1.165, 1.54) is 6.07 Å². The van der Waals surface area contributed by atoms with Gasteiger partial charge >= 0.3 is 0 Å². The molecule has 2 rings (SSSR count). The van der Waals surface area contributed by atoms with Crippen molar-refractivity contribution < 1.29 is 4.39 Å². The van der Waals surface area contributed by atoms with Crippen LogP contribution in [0, 0.1) is 5.82 Å². The van der Waals surface area contributed by atoms with Crippen molar-refractivity contribution in [3.63, 3.8) is 0 Å². The minimum atomic E-state index is -0.297. The lowest BCUT2D eigenvalue weighted by molar-refractivity contribution is 0.625. The molecule has 0 saturated heterocycles. The molecule has 0 aliphatic heterocycles. The zero-order chi connectivity index (χ0) is 13.0. The fourth-order valence-electron chi connectivity index (χ4n) is 1.67. The van der Waals surface area contributed by atoms with Gasteiger partial charge in [0.2, 0.25) is 5.95 Å². The van der Waals surface area contributed by atoms with Gasteiger partial charge in [-0.1, -0.05) is 19.4 Å². The molecule has 18 heavy (non-hydrogen) atoms. The van der Waals surface area contributed by atoms with Crippen LogP contribution in [0.25, 0.3) is 0 Å². The third kappa shape index (κ3) is 2.90. The van der Waals surface area contributed by atoms with E-state index in [0.29, 0.717) is 16.1 Å². The summed E-state index contributed by atoms with van der Waals surface area (Å²) in [7, 11) is 0. The normalized spacial score (nSPS) is 10.6. The fourth-order valence-corrected chi connectivity index (χ4v) is 2.11. The standard InChI is InChI=1S/C13H15BrFN3/c1-2-3-8-18-9-7-16-13(18)17-12-10(14)5-4-6-11(12)15/h4-7,9H,2-3,8H2,1H3,(H,16,17). The number of nitrogens with one attached hydrogen (secondary N) is 1. The van der Waals surface area contributed by atoms with Crippen LogP contribution in [0.1, 0.15) is 19.8 Å². The maximum Gasteiger partial charge on any atom is 0.207 e. The Morgan fingerprint density at radius 3 is 3.00 bits per heavy atom. The lowest BCUT2D eigenvalue weighted by Gasteiger charge is -2.11. The van der Waals surface area contributed by atoms with Gasteiger partial charge in [0.05, 0.1) is 5.69 Å². The molecule has 3 nitrogen and oxygen atoms in total. The predicted octanol–water partition coefficient (Wildman–Crippen LogP) is 4.33. The van der Waals surface area contributed by atoms with Crippen molar-refractivity contribution in [3.8, 4) is 0 Å². The quantitative estimate of drug-likeness (QED) is 0.890. The SMILES string of the molecule is CCCCn1ccnc1Nc1c(F)cccc1Br. The van der Waals surface area contributed by atoms with Crippen molar-refractivity contribution in [2.75, 3.05) is 5.32 Å². The van der Waals surface area contributed by atoms with Crippen LogP contribution in [0.3, 0.4) is 0 Å². The third-order valence-electron chi connectivity index (χ3n) is 2.67. The Kier molecular flexibility index (Phi) is 4.36. The Morgan fingerprint density at radius 2 is 2.28 bits per heavy atom. The first kappa shape index (κ1) is 13.1. The van der Waals surface area contributed by atoms with Gasteiger partial charge in [-0.25, -0.2) is 9.37 Å². The van der Waals surface area contributed by atoms with Crippen molar-refractivity contribution in [1.82, 2.24) is 9.55 Å². The summed E-state index contributed by atoms with van der Waals surface area (Å²) in [5, 5.41) is 3.03. The van der Waals surface area contributed by atoms with Crippen LogP contribution < -0.4 is 5.32 Å². The Hall–Kier alpha value is -1.36. The van der Waals surface area contributed by atoms with Crippen molar-refractivity contribution in [1.29, 1.82) is 0 Å². The Morgan fingerprint density at radius 1 is 1.44 bits per heavy atom. The molecule has 2 aromatic rings. The monoisotopic (exact) mass is 311 g/mol. The number of unbranched alkanes of at least 4 members (excludes halogenated alkanes) is 1. The number of anilines is 2. The van der Waals surface area contributed by atoms with Gasteiger partial charge in [-0.05, 0) is 34.5 Å². The first-order valence-electron chi connectivity index (χ1n) is 5.94. The van der Waals surface area contributed by atoms with E-state index in [4.69, 9.17) is 0 Å². The summed E-state index contributed by atoms with van der Waals surface area (Å²) in [6.45, 7) is 3.02. The number of hydrogen-bond donors (Lipinski definition) is 1. The van der Waals surface area contributed by atoms with Crippen LogP contribution in [-0.4, -0.2) is 9.55 Å². The second-order valence-electron chi connectivity index (χ2n) is 4.02. The van der Waals surface area contributed by atoms with E-state index in [2.05, 4.69) is 33.2 Å². The number of aryl methyl sites for hydroxylation is 1. The number of halogens is 2. The highest BCUT2D eigenvalue weighted by Gasteiger charge is 2.09. The average Bonchev–Trinajstić information content (AvgIpc) is 2.79. The minimum absolute atomic E-state index is 0.297. The third-order valence-corrected chi connectivity index (χ3v) is 3.33. The van der Waals surface area contributed by atoms with Gasteiger partial charge in [0.15, 0.2) is 0 Å². The van der Waals surface area contributed by atoms with Crippen molar-refractivity contribution in [3.05, 3.63) is 40.9 Å². The molecule has 5 heteroatoms. The smallest absolute Gasteiger partial charge is 0.207 e. The van der Waals surface area contributed by atoms with Crippen LogP contribution in [0.15, 0.2) is 35.1 Å². The number of benzene rings is 1. The van der Waals surface area contributed by atoms with E-state index in [9.17, 15) is 4.39 Å². The van der Waals surface area contributed by atoms with Gasteiger partial charge in [0, 0.05) is 23.4 Å². The molecule has 1 heterocycles. The van der Waals surface area contributed by atoms with Crippen molar-refractivity contribution in [2.24, 2.45) is 0 Å². The highest BCUT2D eigenvalue weighted by molar-refractivity contribution is 9.10. The number of nitrogens with zero attached hydrogens (tertiary/aromatic N) is 2. The number of para-hydroxylation sites is 1. The number of hydrogen-bond acceptors (Lipinski definition) is 2. The minimum Gasteiger partial charge on any atom is -0.322 e. The summed E-state index contributed by atoms with van der Waals surface area (Å²) in [5.74, 6) is 0.365. The topological polar surface area (TPSA) is 29.9 Å². The van der Waals surface area contributed by atoms with E-state index in [1.807, 2.05) is 10.8 Å². The van der Waals surface area contributed by atoms with E-state index >= 15 is 0 Å². The number of rotatable bonds is 5. The van der Waals surface area contributed by atoms with Crippen LogP contribution in [0.5, 0.6) is 0 Å². The molecule has 0 spiro atoms. The largest absolute Gasteiger partial charge is 0.322 e. The molecule has 0 amide bonds. The average molecular weight is 312 g/mol. The predicted molar refractivity (Wildman–Crippen MR) is 74.5 cm³/mol. The zero-order valence-corrected chi connectivity index (χ0v) is 11.7. The summed E-state index contributed by atoms with van der Waals surface area (Å²) >= 11 is 3.33. The molecule has 1 aromatic carbocycles. The van der Waals surface area contributed by atoms with Crippen molar-refractivity contribution in [2.45, 2.75) is 26.3 Å². The Labute approximate surface area is 114 Å². The molecule has 0 atom stereocenters. The fraction of sp³-hybridized carbons (Fsp3) is 0.308. The van der Waals surface area contributed by atoms with Crippen LogP contribution in [-0.2, 0) is 6.54 Å². The van der Waals surface area contributed by atoms with E-state index in [-0.39, 0.29) is 5.82 Å². The summed E-state index contributed by atoms with van der Waals surface area (Å²) in [4.78, 5) is 4.21. The molecule has 0 unspecified atom stereocenters. The van der Waals surface area contributed by atoms with Gasteiger partial charge in [-0.2, -0.15) is 0 Å². The van der Waals surface area contributed by atoms with Gasteiger partial charge in [0.25, 0.3) is 0 Å². The highest BCUT2D eigenvalue weighted by atomic mass is 79.9. The second-order valence-corrected chi connectivity index (χ2v) is 4.87. The van der Waals surface area contributed by atoms with Gasteiger partial charge in [-0.15, -0.1) is 0 Å². The number of aromatic nitrogens is 2. The number of imidazole rings is 1. The summed E-state index contributed by atoms with van der Waals surface area (Å²) in [5.41, 5.74) is 0.418. The van der Waals surface area contributed by atoms with Crippen molar-refractivity contribution >= 4 is 27.6 Å². The van der Waals surface area contributed by atoms with E-state index in [1.54, 1.807) is 18.3 Å². The lowest BCUT2D eigenvalue weighted by Crippen LogP contribution is -2.04. The molecule has 1 N–H and O–H groups in total. The maximum atomic E-state index is 13.7. The first-order valence-corrected chi connectivity index (χ1v) is 6.74. The highest BCUT2D eigenvalue weighted by Crippen LogP contribution is 2.27. The first-order chi connectivity index (χ1) is 8.72. The molecule has 0 aliphatic carbocycles. The molecule has 96 valence electrons. The molecule has 0 aliphatic rings. The molecular weight excluding hydrogens is 297 g/mol. The van der Waals surface area contributed by atoms with E-state index < -0.39 is 0 Å². The molecule has 0 fully saturated rings.